The zero-order valence-corrected chi connectivity index (χ0v) is 10.8. The molecule has 0 unspecified atom stereocenters. The maximum Gasteiger partial charge on any atom is 0.125 e. The lowest BCUT2D eigenvalue weighted by Gasteiger charge is -2.24. The lowest BCUT2D eigenvalue weighted by molar-refractivity contribution is 0.638. The molecule has 1 aliphatic heterocycles. The number of nitrogens with zero attached hydrogens (tertiary/aromatic N) is 2. The van der Waals surface area contributed by atoms with Crippen molar-refractivity contribution in [3.05, 3.63) is 18.3 Å². The second-order valence-corrected chi connectivity index (χ2v) is 6.59. The smallest absolute Gasteiger partial charge is 0.125 e. The number of pyridine rings is 1. The van der Waals surface area contributed by atoms with Gasteiger partial charge in [-0.15, -0.1) is 0 Å². The molecule has 1 aromatic rings. The standard InChI is InChI=1S/C12H19N3S/c1-12(2)4-6-15(7-8-16-12)10-3-5-14-11(13)9-10/h3,5,9H,4,6-8H2,1-2H3,(H2,13,14). The molecular formula is C12H19N3S. The Labute approximate surface area is 101 Å². The van der Waals surface area contributed by atoms with Crippen LogP contribution in [0.1, 0.15) is 20.3 Å². The molecule has 4 heteroatoms. The molecule has 0 saturated carbocycles. The van der Waals surface area contributed by atoms with Crippen LogP contribution in [0.5, 0.6) is 0 Å². The SMILES string of the molecule is CC1(C)CCN(c2ccnc(N)c2)CCS1. The van der Waals surface area contributed by atoms with Gasteiger partial charge in [0.2, 0.25) is 0 Å². The predicted molar refractivity (Wildman–Crippen MR) is 72.0 cm³/mol. The largest absolute Gasteiger partial charge is 0.384 e. The van der Waals surface area contributed by atoms with Gasteiger partial charge in [-0.2, -0.15) is 11.8 Å². The first-order valence-corrected chi connectivity index (χ1v) is 6.66. The van der Waals surface area contributed by atoms with Crippen molar-refractivity contribution >= 4 is 23.3 Å². The van der Waals surface area contributed by atoms with Gasteiger partial charge in [-0.05, 0) is 12.5 Å². The van der Waals surface area contributed by atoms with Gasteiger partial charge in [0.25, 0.3) is 0 Å². The molecule has 1 aliphatic rings. The van der Waals surface area contributed by atoms with Crippen molar-refractivity contribution in [2.24, 2.45) is 0 Å². The Morgan fingerprint density at radius 3 is 3.00 bits per heavy atom. The van der Waals surface area contributed by atoms with Crippen molar-refractivity contribution in [2.45, 2.75) is 25.0 Å². The lowest BCUT2D eigenvalue weighted by atomic mass is 10.1. The number of rotatable bonds is 1. The number of anilines is 2. The van der Waals surface area contributed by atoms with Crippen molar-refractivity contribution in [2.75, 3.05) is 29.5 Å². The molecule has 16 heavy (non-hydrogen) atoms. The van der Waals surface area contributed by atoms with E-state index < -0.39 is 0 Å². The van der Waals surface area contributed by atoms with Gasteiger partial charge < -0.3 is 10.6 Å². The van der Waals surface area contributed by atoms with Gasteiger partial charge in [0.15, 0.2) is 0 Å². The number of nitrogens with two attached hydrogens (primary N) is 1. The molecule has 0 atom stereocenters. The first kappa shape index (κ1) is 11.6. The van der Waals surface area contributed by atoms with E-state index in [1.165, 1.54) is 17.9 Å². The van der Waals surface area contributed by atoms with Gasteiger partial charge in [-0.1, -0.05) is 13.8 Å². The molecule has 88 valence electrons. The van der Waals surface area contributed by atoms with Gasteiger partial charge in [-0.3, -0.25) is 0 Å². The van der Waals surface area contributed by atoms with Crippen molar-refractivity contribution in [3.8, 4) is 0 Å². The zero-order chi connectivity index (χ0) is 11.6. The summed E-state index contributed by atoms with van der Waals surface area (Å²) in [6.45, 7) is 6.84. The van der Waals surface area contributed by atoms with Gasteiger partial charge in [0.05, 0.1) is 0 Å². The second kappa shape index (κ2) is 4.53. The highest BCUT2D eigenvalue weighted by atomic mass is 32.2. The maximum atomic E-state index is 5.71. The summed E-state index contributed by atoms with van der Waals surface area (Å²) in [7, 11) is 0. The van der Waals surface area contributed by atoms with E-state index in [4.69, 9.17) is 5.73 Å². The van der Waals surface area contributed by atoms with E-state index in [-0.39, 0.29) is 0 Å². The average Bonchev–Trinajstić information content (AvgIpc) is 2.39. The summed E-state index contributed by atoms with van der Waals surface area (Å²) >= 11 is 2.06. The molecule has 0 radical (unpaired) electrons. The third-order valence-corrected chi connectivity index (χ3v) is 4.34. The Morgan fingerprint density at radius 2 is 2.25 bits per heavy atom. The minimum Gasteiger partial charge on any atom is -0.384 e. The summed E-state index contributed by atoms with van der Waals surface area (Å²) in [6, 6.07) is 4.00. The highest BCUT2D eigenvalue weighted by Crippen LogP contribution is 2.32. The molecule has 0 bridgehead atoms. The topological polar surface area (TPSA) is 42.2 Å². The quantitative estimate of drug-likeness (QED) is 0.814. The van der Waals surface area contributed by atoms with Crippen molar-refractivity contribution in [3.63, 3.8) is 0 Å². The van der Waals surface area contributed by atoms with E-state index in [0.29, 0.717) is 10.6 Å². The van der Waals surface area contributed by atoms with Crippen LogP contribution in [0.3, 0.4) is 0 Å². The molecule has 2 heterocycles. The number of hydrogen-bond donors (Lipinski definition) is 1. The summed E-state index contributed by atoms with van der Waals surface area (Å²) in [5, 5.41) is 0. The van der Waals surface area contributed by atoms with Crippen LogP contribution in [0.4, 0.5) is 11.5 Å². The number of nitrogen functional groups attached to an aromatic ring is 1. The molecule has 0 aromatic carbocycles. The molecular weight excluding hydrogens is 218 g/mol. The molecule has 0 aliphatic carbocycles. The van der Waals surface area contributed by atoms with Crippen LogP contribution in [-0.4, -0.2) is 28.6 Å². The van der Waals surface area contributed by atoms with Gasteiger partial charge in [0.1, 0.15) is 5.82 Å². The van der Waals surface area contributed by atoms with Crippen LogP contribution in [0.2, 0.25) is 0 Å². The Hall–Kier alpha value is -0.900. The first-order chi connectivity index (χ1) is 7.57. The Kier molecular flexibility index (Phi) is 3.28. The second-order valence-electron chi connectivity index (χ2n) is 4.78. The molecule has 1 fully saturated rings. The van der Waals surface area contributed by atoms with Crippen LogP contribution in [-0.2, 0) is 0 Å². The number of hydrogen-bond acceptors (Lipinski definition) is 4. The molecule has 1 aromatic heterocycles. The molecule has 2 rings (SSSR count). The molecule has 2 N–H and O–H groups in total. The fourth-order valence-electron chi connectivity index (χ4n) is 1.91. The highest BCUT2D eigenvalue weighted by Gasteiger charge is 2.23. The van der Waals surface area contributed by atoms with E-state index in [2.05, 4.69) is 35.5 Å². The van der Waals surface area contributed by atoms with Crippen molar-refractivity contribution in [1.29, 1.82) is 0 Å². The normalized spacial score (nSPS) is 20.5. The average molecular weight is 237 g/mol. The zero-order valence-electron chi connectivity index (χ0n) is 9.94. The lowest BCUT2D eigenvalue weighted by Crippen LogP contribution is -2.26. The number of aromatic nitrogens is 1. The summed E-state index contributed by atoms with van der Waals surface area (Å²) in [6.07, 6.45) is 2.99. The Balaban J connectivity index is 2.11. The molecule has 0 amide bonds. The highest BCUT2D eigenvalue weighted by molar-refractivity contribution is 8.00. The third-order valence-electron chi connectivity index (χ3n) is 2.97. The van der Waals surface area contributed by atoms with E-state index in [1.807, 2.05) is 12.1 Å². The summed E-state index contributed by atoms with van der Waals surface area (Å²) in [5.41, 5.74) is 6.91. The van der Waals surface area contributed by atoms with E-state index in [1.54, 1.807) is 6.20 Å². The number of thioether (sulfide) groups is 1. The predicted octanol–water partition coefficient (Wildman–Crippen LogP) is 2.39. The third kappa shape index (κ3) is 2.82. The van der Waals surface area contributed by atoms with Gasteiger partial charge in [-0.25, -0.2) is 4.98 Å². The van der Waals surface area contributed by atoms with Crippen LogP contribution in [0.25, 0.3) is 0 Å². The Morgan fingerprint density at radius 1 is 1.44 bits per heavy atom. The van der Waals surface area contributed by atoms with Crippen LogP contribution < -0.4 is 10.6 Å². The van der Waals surface area contributed by atoms with E-state index in [9.17, 15) is 0 Å². The van der Waals surface area contributed by atoms with Crippen LogP contribution in [0.15, 0.2) is 18.3 Å². The minimum atomic E-state index is 0.396. The fourth-order valence-corrected chi connectivity index (χ4v) is 3.01. The monoisotopic (exact) mass is 237 g/mol. The summed E-state index contributed by atoms with van der Waals surface area (Å²) in [4.78, 5) is 6.44. The molecule has 3 nitrogen and oxygen atoms in total. The van der Waals surface area contributed by atoms with E-state index in [0.717, 1.165) is 13.1 Å². The van der Waals surface area contributed by atoms with Crippen molar-refractivity contribution < 1.29 is 0 Å². The van der Waals surface area contributed by atoms with Gasteiger partial charge >= 0.3 is 0 Å². The van der Waals surface area contributed by atoms with Crippen molar-refractivity contribution in [1.82, 2.24) is 4.98 Å². The summed E-state index contributed by atoms with van der Waals surface area (Å²) in [5.74, 6) is 1.78. The first-order valence-electron chi connectivity index (χ1n) is 5.67. The Bertz CT molecular complexity index is 365. The summed E-state index contributed by atoms with van der Waals surface area (Å²) < 4.78 is 0.396. The molecule has 0 spiro atoms. The van der Waals surface area contributed by atoms with Gasteiger partial charge in [0, 0.05) is 41.5 Å². The van der Waals surface area contributed by atoms with E-state index >= 15 is 0 Å². The molecule has 1 saturated heterocycles. The maximum absolute atomic E-state index is 5.71. The minimum absolute atomic E-state index is 0.396. The van der Waals surface area contributed by atoms with Crippen LogP contribution in [0, 0.1) is 0 Å². The van der Waals surface area contributed by atoms with Crippen LogP contribution >= 0.6 is 11.8 Å². The fraction of sp³-hybridized carbons (Fsp3) is 0.583.